The molecule has 1 N–H and O–H groups in total. The Bertz CT molecular complexity index is 431. The van der Waals surface area contributed by atoms with Crippen LogP contribution in [-0.4, -0.2) is 33.4 Å². The molecule has 1 aromatic rings. The lowest BCUT2D eigenvalue weighted by atomic mass is 9.94. The van der Waals surface area contributed by atoms with Crippen LogP contribution in [0.2, 0.25) is 5.02 Å². The van der Waals surface area contributed by atoms with Crippen LogP contribution < -0.4 is 10.2 Å². The summed E-state index contributed by atoms with van der Waals surface area (Å²) in [5.74, 6) is 0.892. The summed E-state index contributed by atoms with van der Waals surface area (Å²) in [6, 6.07) is 6.24. The number of hydrogen-bond acceptors (Lipinski definition) is 3. The Balaban J connectivity index is 2.03. The van der Waals surface area contributed by atoms with E-state index in [2.05, 4.69) is 29.3 Å². The van der Waals surface area contributed by atoms with Crippen molar-refractivity contribution in [3.8, 4) is 0 Å². The van der Waals surface area contributed by atoms with Gasteiger partial charge in [0.25, 0.3) is 0 Å². The van der Waals surface area contributed by atoms with Crippen LogP contribution in [0, 0.1) is 5.92 Å². The Morgan fingerprint density at radius 1 is 1.33 bits per heavy atom. The zero-order valence-electron chi connectivity index (χ0n) is 13.2. The van der Waals surface area contributed by atoms with Gasteiger partial charge >= 0.3 is 0 Å². The molecule has 0 aliphatic carbocycles. The molecular formula is C17H27ClN2O. The molecule has 1 saturated heterocycles. The van der Waals surface area contributed by atoms with Crippen molar-refractivity contribution < 1.29 is 4.74 Å². The van der Waals surface area contributed by atoms with Crippen molar-refractivity contribution in [2.24, 2.45) is 5.92 Å². The zero-order chi connectivity index (χ0) is 15.1. The predicted octanol–water partition coefficient (Wildman–Crippen LogP) is 3.70. The smallest absolute Gasteiger partial charge is 0.0587 e. The molecule has 1 aliphatic rings. The van der Waals surface area contributed by atoms with E-state index in [0.717, 1.165) is 43.7 Å². The van der Waals surface area contributed by atoms with Crippen LogP contribution in [0.1, 0.15) is 31.7 Å². The molecule has 21 heavy (non-hydrogen) atoms. The molecule has 4 heteroatoms. The Kier molecular flexibility index (Phi) is 6.81. The first kappa shape index (κ1) is 16.6. The Labute approximate surface area is 133 Å². The first-order chi connectivity index (χ1) is 10.3. The fourth-order valence-corrected chi connectivity index (χ4v) is 3.22. The van der Waals surface area contributed by atoms with Crippen molar-refractivity contribution in [2.75, 3.05) is 38.3 Å². The van der Waals surface area contributed by atoms with Gasteiger partial charge in [0.1, 0.15) is 0 Å². The third-order valence-corrected chi connectivity index (χ3v) is 4.77. The third kappa shape index (κ3) is 4.60. The number of nitrogens with one attached hydrogen (secondary N) is 1. The average molecular weight is 311 g/mol. The maximum Gasteiger partial charge on any atom is 0.0587 e. The molecule has 0 aromatic heterocycles. The Morgan fingerprint density at radius 2 is 2.10 bits per heavy atom. The highest BCUT2D eigenvalue weighted by Gasteiger charge is 2.20. The van der Waals surface area contributed by atoms with E-state index >= 15 is 0 Å². The van der Waals surface area contributed by atoms with Gasteiger partial charge in [-0.1, -0.05) is 31.0 Å². The second-order valence-electron chi connectivity index (χ2n) is 5.75. The average Bonchev–Trinajstić information content (AvgIpc) is 2.53. The van der Waals surface area contributed by atoms with Crippen LogP contribution in [0.4, 0.5) is 5.69 Å². The highest BCUT2D eigenvalue weighted by atomic mass is 35.5. The highest BCUT2D eigenvalue weighted by Crippen LogP contribution is 2.31. The molecule has 0 unspecified atom stereocenters. The van der Waals surface area contributed by atoms with E-state index < -0.39 is 0 Å². The summed E-state index contributed by atoms with van der Waals surface area (Å²) in [7, 11) is 1.72. The van der Waals surface area contributed by atoms with Crippen LogP contribution >= 0.6 is 11.6 Å². The summed E-state index contributed by atoms with van der Waals surface area (Å²) in [5, 5.41) is 4.26. The SMILES string of the molecule is CCC1CCN(c2cccc(Cl)c2CNCCOC)CC1. The van der Waals surface area contributed by atoms with Gasteiger partial charge in [-0.25, -0.2) is 0 Å². The number of halogens is 1. The molecule has 1 fully saturated rings. The lowest BCUT2D eigenvalue weighted by Gasteiger charge is -2.34. The quantitative estimate of drug-likeness (QED) is 0.777. The zero-order valence-corrected chi connectivity index (χ0v) is 14.0. The standard InChI is InChI=1S/C17H27ClN2O/c1-3-14-7-10-20(11-8-14)17-6-4-5-16(18)15(17)13-19-9-12-21-2/h4-6,14,19H,3,7-13H2,1-2H3. The van der Waals surface area contributed by atoms with Gasteiger partial charge in [0.15, 0.2) is 0 Å². The molecule has 0 saturated carbocycles. The first-order valence-electron chi connectivity index (χ1n) is 7.98. The van der Waals surface area contributed by atoms with Gasteiger partial charge in [-0.05, 0) is 30.9 Å². The summed E-state index contributed by atoms with van der Waals surface area (Å²) in [6.07, 6.45) is 3.88. The molecule has 0 bridgehead atoms. The molecule has 3 nitrogen and oxygen atoms in total. The Morgan fingerprint density at radius 3 is 2.76 bits per heavy atom. The molecular weight excluding hydrogens is 284 g/mol. The van der Waals surface area contributed by atoms with Crippen molar-refractivity contribution in [3.05, 3.63) is 28.8 Å². The molecule has 1 heterocycles. The van der Waals surface area contributed by atoms with Crippen LogP contribution in [0.25, 0.3) is 0 Å². The van der Waals surface area contributed by atoms with E-state index in [1.54, 1.807) is 7.11 Å². The van der Waals surface area contributed by atoms with Gasteiger partial charge in [0.2, 0.25) is 0 Å². The van der Waals surface area contributed by atoms with E-state index in [4.69, 9.17) is 16.3 Å². The maximum atomic E-state index is 6.42. The van der Waals surface area contributed by atoms with Crippen molar-refractivity contribution in [3.63, 3.8) is 0 Å². The molecule has 0 spiro atoms. The van der Waals surface area contributed by atoms with E-state index in [1.165, 1.54) is 30.5 Å². The van der Waals surface area contributed by atoms with Gasteiger partial charge in [-0.15, -0.1) is 0 Å². The number of rotatable bonds is 7. The maximum absolute atomic E-state index is 6.42. The second-order valence-corrected chi connectivity index (χ2v) is 6.15. The fourth-order valence-electron chi connectivity index (χ4n) is 2.99. The summed E-state index contributed by atoms with van der Waals surface area (Å²) in [4.78, 5) is 2.49. The monoisotopic (exact) mass is 310 g/mol. The molecule has 1 aliphatic heterocycles. The van der Waals surface area contributed by atoms with E-state index in [0.29, 0.717) is 0 Å². The minimum absolute atomic E-state index is 0.724. The highest BCUT2D eigenvalue weighted by molar-refractivity contribution is 6.31. The van der Waals surface area contributed by atoms with Crippen LogP contribution in [-0.2, 0) is 11.3 Å². The van der Waals surface area contributed by atoms with Gasteiger partial charge < -0.3 is 15.0 Å². The number of piperidine rings is 1. The summed E-state index contributed by atoms with van der Waals surface area (Å²) in [6.45, 7) is 6.95. The van der Waals surface area contributed by atoms with Gasteiger partial charge in [-0.2, -0.15) is 0 Å². The lowest BCUT2D eigenvalue weighted by Crippen LogP contribution is -2.34. The van der Waals surface area contributed by atoms with Gasteiger partial charge in [0, 0.05) is 49.6 Å². The minimum Gasteiger partial charge on any atom is -0.383 e. The lowest BCUT2D eigenvalue weighted by molar-refractivity contribution is 0.199. The topological polar surface area (TPSA) is 24.5 Å². The number of nitrogens with zero attached hydrogens (tertiary/aromatic N) is 1. The third-order valence-electron chi connectivity index (χ3n) is 4.41. The first-order valence-corrected chi connectivity index (χ1v) is 8.36. The van der Waals surface area contributed by atoms with Crippen molar-refractivity contribution in [1.29, 1.82) is 0 Å². The van der Waals surface area contributed by atoms with Crippen LogP contribution in [0.3, 0.4) is 0 Å². The fraction of sp³-hybridized carbons (Fsp3) is 0.647. The molecule has 0 amide bonds. The molecule has 0 atom stereocenters. The normalized spacial score (nSPS) is 16.4. The summed E-state index contributed by atoms with van der Waals surface area (Å²) in [5.41, 5.74) is 2.51. The summed E-state index contributed by atoms with van der Waals surface area (Å²) < 4.78 is 5.07. The molecule has 2 rings (SSSR count). The molecule has 1 aromatic carbocycles. The predicted molar refractivity (Wildman–Crippen MR) is 90.3 cm³/mol. The molecule has 0 radical (unpaired) electrons. The van der Waals surface area contributed by atoms with E-state index in [-0.39, 0.29) is 0 Å². The van der Waals surface area contributed by atoms with Gasteiger partial charge in [0.05, 0.1) is 6.61 Å². The largest absolute Gasteiger partial charge is 0.383 e. The summed E-state index contributed by atoms with van der Waals surface area (Å²) >= 11 is 6.42. The van der Waals surface area contributed by atoms with E-state index in [1.807, 2.05) is 6.07 Å². The van der Waals surface area contributed by atoms with Crippen molar-refractivity contribution in [1.82, 2.24) is 5.32 Å². The molecule has 118 valence electrons. The second kappa shape index (κ2) is 8.62. The van der Waals surface area contributed by atoms with Crippen molar-refractivity contribution >= 4 is 17.3 Å². The van der Waals surface area contributed by atoms with E-state index in [9.17, 15) is 0 Å². The number of ether oxygens (including phenoxy) is 1. The van der Waals surface area contributed by atoms with Gasteiger partial charge in [-0.3, -0.25) is 0 Å². The van der Waals surface area contributed by atoms with Crippen LogP contribution in [0.5, 0.6) is 0 Å². The van der Waals surface area contributed by atoms with Crippen LogP contribution in [0.15, 0.2) is 18.2 Å². The number of anilines is 1. The minimum atomic E-state index is 0.724. The van der Waals surface area contributed by atoms with Crippen molar-refractivity contribution in [2.45, 2.75) is 32.7 Å². The number of methoxy groups -OCH3 is 1. The number of benzene rings is 1. The number of hydrogen-bond donors (Lipinski definition) is 1. The Hall–Kier alpha value is -0.770.